The van der Waals surface area contributed by atoms with Gasteiger partial charge in [0.05, 0.1) is 0 Å². The molecule has 0 aliphatic carbocycles. The van der Waals surface area contributed by atoms with Gasteiger partial charge in [-0.2, -0.15) is 15.0 Å². The first-order valence-corrected chi connectivity index (χ1v) is 5.92. The second-order valence-electron chi connectivity index (χ2n) is 3.69. The molecule has 6 nitrogen and oxygen atoms in total. The van der Waals surface area contributed by atoms with Gasteiger partial charge in [0.1, 0.15) is 6.33 Å². The summed E-state index contributed by atoms with van der Waals surface area (Å²) in [5, 5.41) is -0.0601. The van der Waals surface area contributed by atoms with Gasteiger partial charge in [-0.3, -0.25) is 4.57 Å². The monoisotopic (exact) mass is 291 g/mol. The maximum atomic E-state index is 13.5. The van der Waals surface area contributed by atoms with E-state index in [1.165, 1.54) is 23.0 Å². The third-order valence-corrected chi connectivity index (χ3v) is 2.52. The van der Waals surface area contributed by atoms with Crippen LogP contribution in [0.15, 0.2) is 43.0 Å². The normalized spacial score (nSPS) is 10.5. The third-order valence-electron chi connectivity index (χ3n) is 2.35. The number of hydrogen-bond acceptors (Lipinski definition) is 5. The summed E-state index contributed by atoms with van der Waals surface area (Å²) in [6.07, 6.45) is 4.70. The molecular weight excluding hydrogens is 285 g/mol. The lowest BCUT2D eigenvalue weighted by molar-refractivity contribution is 0.408. The van der Waals surface area contributed by atoms with Gasteiger partial charge in [-0.1, -0.05) is 12.1 Å². The molecule has 0 bridgehead atoms. The van der Waals surface area contributed by atoms with Crippen molar-refractivity contribution < 1.29 is 9.13 Å². The number of halogens is 2. The van der Waals surface area contributed by atoms with Gasteiger partial charge in [-0.05, 0) is 23.7 Å². The van der Waals surface area contributed by atoms with Crippen molar-refractivity contribution in [3.8, 4) is 17.7 Å². The van der Waals surface area contributed by atoms with Gasteiger partial charge in [0.15, 0.2) is 11.6 Å². The predicted octanol–water partition coefficient (Wildman–Crippen LogP) is 2.64. The second kappa shape index (κ2) is 5.22. The Morgan fingerprint density at radius 2 is 2.00 bits per heavy atom. The van der Waals surface area contributed by atoms with E-state index in [1.54, 1.807) is 24.5 Å². The first kappa shape index (κ1) is 12.5. The molecule has 0 saturated carbocycles. The Bertz CT molecular complexity index is 734. The molecule has 0 atom stereocenters. The van der Waals surface area contributed by atoms with E-state index in [1.807, 2.05) is 0 Å². The van der Waals surface area contributed by atoms with Crippen molar-refractivity contribution in [1.82, 2.24) is 24.5 Å². The summed E-state index contributed by atoms with van der Waals surface area (Å²) in [6.45, 7) is 0. The molecular formula is C12H7ClFN5O. The highest BCUT2D eigenvalue weighted by Gasteiger charge is 2.10. The van der Waals surface area contributed by atoms with Crippen LogP contribution in [-0.2, 0) is 0 Å². The fourth-order valence-electron chi connectivity index (χ4n) is 1.49. The van der Waals surface area contributed by atoms with Crippen LogP contribution < -0.4 is 4.74 Å². The van der Waals surface area contributed by atoms with E-state index in [0.29, 0.717) is 0 Å². The molecule has 8 heteroatoms. The number of nitrogens with zero attached hydrogens (tertiary/aromatic N) is 5. The molecule has 100 valence electrons. The van der Waals surface area contributed by atoms with Crippen LogP contribution in [-0.4, -0.2) is 24.5 Å². The minimum Gasteiger partial charge on any atom is -0.421 e. The van der Waals surface area contributed by atoms with Gasteiger partial charge >= 0.3 is 6.01 Å². The minimum absolute atomic E-state index is 0.00588. The average Bonchev–Trinajstić information content (AvgIpc) is 2.95. The van der Waals surface area contributed by atoms with Crippen LogP contribution in [0.4, 0.5) is 4.39 Å². The average molecular weight is 292 g/mol. The van der Waals surface area contributed by atoms with Crippen LogP contribution in [0.25, 0.3) is 5.95 Å². The lowest BCUT2D eigenvalue weighted by Gasteiger charge is -2.06. The number of ether oxygens (including phenoxy) is 1. The van der Waals surface area contributed by atoms with Gasteiger partial charge in [0.25, 0.3) is 0 Å². The van der Waals surface area contributed by atoms with Crippen molar-refractivity contribution >= 4 is 11.6 Å². The van der Waals surface area contributed by atoms with E-state index in [4.69, 9.17) is 16.3 Å². The summed E-state index contributed by atoms with van der Waals surface area (Å²) in [5.74, 6) is -0.284. The summed E-state index contributed by atoms with van der Waals surface area (Å²) in [5.41, 5.74) is 0. The molecule has 0 aliphatic rings. The molecule has 0 saturated heterocycles. The van der Waals surface area contributed by atoms with Crippen LogP contribution in [0, 0.1) is 5.82 Å². The molecule has 3 aromatic rings. The Kier molecular flexibility index (Phi) is 3.26. The molecule has 0 spiro atoms. The summed E-state index contributed by atoms with van der Waals surface area (Å²) in [7, 11) is 0. The standard InChI is InChI=1S/C12H7ClFN5O/c13-10-16-11(19-6-5-15-7-19)18-12(17-10)20-9-4-2-1-3-8(9)14/h1-7H. The molecule has 0 radical (unpaired) electrons. The van der Waals surface area contributed by atoms with Crippen molar-refractivity contribution in [2.24, 2.45) is 0 Å². The highest BCUT2D eigenvalue weighted by atomic mass is 35.5. The number of benzene rings is 1. The molecule has 0 N–H and O–H groups in total. The lowest BCUT2D eigenvalue weighted by atomic mass is 10.3. The largest absolute Gasteiger partial charge is 0.421 e. The Hall–Kier alpha value is -2.54. The predicted molar refractivity (Wildman–Crippen MR) is 68.4 cm³/mol. The van der Waals surface area contributed by atoms with Crippen molar-refractivity contribution in [1.29, 1.82) is 0 Å². The van der Waals surface area contributed by atoms with E-state index in [0.717, 1.165) is 0 Å². The van der Waals surface area contributed by atoms with Gasteiger partial charge in [0.2, 0.25) is 11.2 Å². The summed E-state index contributed by atoms with van der Waals surface area (Å²) < 4.78 is 20.3. The quantitative estimate of drug-likeness (QED) is 0.742. The fraction of sp³-hybridized carbons (Fsp3) is 0. The van der Waals surface area contributed by atoms with Crippen LogP contribution in [0.5, 0.6) is 11.8 Å². The van der Waals surface area contributed by atoms with Crippen molar-refractivity contribution in [2.45, 2.75) is 0 Å². The zero-order chi connectivity index (χ0) is 13.9. The smallest absolute Gasteiger partial charge is 0.328 e. The summed E-state index contributed by atoms with van der Waals surface area (Å²) in [6, 6.07) is 5.83. The van der Waals surface area contributed by atoms with Crippen molar-refractivity contribution in [3.63, 3.8) is 0 Å². The fourth-order valence-corrected chi connectivity index (χ4v) is 1.63. The van der Waals surface area contributed by atoms with E-state index in [2.05, 4.69) is 19.9 Å². The van der Waals surface area contributed by atoms with Gasteiger partial charge in [-0.25, -0.2) is 9.37 Å². The lowest BCUT2D eigenvalue weighted by Crippen LogP contribution is -2.03. The van der Waals surface area contributed by atoms with E-state index >= 15 is 0 Å². The number of imidazole rings is 1. The molecule has 0 amide bonds. The van der Waals surface area contributed by atoms with Crippen molar-refractivity contribution in [2.75, 3.05) is 0 Å². The number of rotatable bonds is 3. The Morgan fingerprint density at radius 3 is 2.75 bits per heavy atom. The number of para-hydroxylation sites is 1. The Morgan fingerprint density at radius 1 is 1.15 bits per heavy atom. The van der Waals surface area contributed by atoms with Crippen LogP contribution >= 0.6 is 11.6 Å². The molecule has 2 aromatic heterocycles. The Balaban J connectivity index is 1.97. The topological polar surface area (TPSA) is 65.7 Å². The molecule has 0 unspecified atom stereocenters. The SMILES string of the molecule is Fc1ccccc1Oc1nc(Cl)nc(-n2ccnc2)n1. The zero-order valence-corrected chi connectivity index (χ0v) is 10.7. The molecule has 0 fully saturated rings. The van der Waals surface area contributed by atoms with Gasteiger partial charge < -0.3 is 4.74 Å². The summed E-state index contributed by atoms with van der Waals surface area (Å²) in [4.78, 5) is 15.6. The highest BCUT2D eigenvalue weighted by Crippen LogP contribution is 2.22. The molecule has 3 rings (SSSR count). The number of aromatic nitrogens is 5. The van der Waals surface area contributed by atoms with E-state index < -0.39 is 5.82 Å². The first-order valence-electron chi connectivity index (χ1n) is 5.54. The van der Waals surface area contributed by atoms with Crippen LogP contribution in [0.3, 0.4) is 0 Å². The molecule has 20 heavy (non-hydrogen) atoms. The maximum absolute atomic E-state index is 13.5. The highest BCUT2D eigenvalue weighted by molar-refractivity contribution is 6.28. The molecule has 1 aromatic carbocycles. The van der Waals surface area contributed by atoms with E-state index in [-0.39, 0.29) is 23.0 Å². The molecule has 2 heterocycles. The maximum Gasteiger partial charge on any atom is 0.328 e. The van der Waals surface area contributed by atoms with Crippen molar-refractivity contribution in [3.05, 3.63) is 54.1 Å². The Labute approximate surface area is 117 Å². The first-order chi connectivity index (χ1) is 9.72. The van der Waals surface area contributed by atoms with E-state index in [9.17, 15) is 4.39 Å². The number of hydrogen-bond donors (Lipinski definition) is 0. The third kappa shape index (κ3) is 2.57. The minimum atomic E-state index is -0.520. The molecule has 0 aliphatic heterocycles. The summed E-state index contributed by atoms with van der Waals surface area (Å²) >= 11 is 5.80. The van der Waals surface area contributed by atoms with Gasteiger partial charge in [-0.15, -0.1) is 0 Å². The van der Waals surface area contributed by atoms with Crippen LogP contribution in [0.2, 0.25) is 5.28 Å². The second-order valence-corrected chi connectivity index (χ2v) is 4.03. The zero-order valence-electron chi connectivity index (χ0n) is 9.94. The van der Waals surface area contributed by atoms with Gasteiger partial charge in [0, 0.05) is 12.4 Å². The van der Waals surface area contributed by atoms with Crippen LogP contribution in [0.1, 0.15) is 0 Å².